The van der Waals surface area contributed by atoms with Gasteiger partial charge in [0.2, 0.25) is 10.0 Å². The van der Waals surface area contributed by atoms with E-state index >= 15 is 0 Å². The van der Waals surface area contributed by atoms with Crippen LogP contribution in [0.25, 0.3) is 0 Å². The summed E-state index contributed by atoms with van der Waals surface area (Å²) in [5.74, 6) is 0.0861. The lowest BCUT2D eigenvalue weighted by molar-refractivity contribution is 0.140. The van der Waals surface area contributed by atoms with Crippen LogP contribution in [0.1, 0.15) is 20.8 Å². The fourth-order valence-electron chi connectivity index (χ4n) is 2.15. The zero-order chi connectivity index (χ0) is 13.8. The van der Waals surface area contributed by atoms with Crippen molar-refractivity contribution in [3.8, 4) is 0 Å². The van der Waals surface area contributed by atoms with Crippen LogP contribution in [0.3, 0.4) is 0 Å². The van der Waals surface area contributed by atoms with E-state index in [1.165, 1.54) is 7.11 Å². The molecule has 1 fully saturated rings. The molecule has 0 radical (unpaired) electrons. The molecule has 0 unspecified atom stereocenters. The van der Waals surface area contributed by atoms with Crippen LogP contribution in [-0.2, 0) is 14.8 Å². The molecule has 1 aliphatic rings. The minimum absolute atomic E-state index is 0.0861. The van der Waals surface area contributed by atoms with E-state index in [0.717, 1.165) is 19.6 Å². The molecule has 18 heavy (non-hydrogen) atoms. The predicted octanol–water partition coefficient (Wildman–Crippen LogP) is 0.626. The molecule has 0 aromatic heterocycles. The van der Waals surface area contributed by atoms with Crippen LogP contribution in [0.5, 0.6) is 0 Å². The summed E-state index contributed by atoms with van der Waals surface area (Å²) in [6.07, 6.45) is 0. The van der Waals surface area contributed by atoms with Crippen molar-refractivity contribution in [2.75, 3.05) is 52.2 Å². The minimum atomic E-state index is -3.13. The first-order valence-electron chi connectivity index (χ1n) is 6.44. The van der Waals surface area contributed by atoms with Crippen molar-refractivity contribution in [2.45, 2.75) is 20.8 Å². The quantitative estimate of drug-likeness (QED) is 0.740. The molecule has 0 saturated carbocycles. The molecule has 1 aliphatic heterocycles. The Morgan fingerprint density at radius 1 is 1.11 bits per heavy atom. The lowest BCUT2D eigenvalue weighted by Gasteiger charge is -2.37. The van der Waals surface area contributed by atoms with E-state index in [-0.39, 0.29) is 17.8 Å². The molecule has 0 amide bonds. The first-order valence-corrected chi connectivity index (χ1v) is 8.05. The highest BCUT2D eigenvalue weighted by atomic mass is 32.2. The monoisotopic (exact) mass is 278 g/mol. The summed E-state index contributed by atoms with van der Waals surface area (Å²) >= 11 is 0. The van der Waals surface area contributed by atoms with Crippen molar-refractivity contribution in [3.05, 3.63) is 0 Å². The van der Waals surface area contributed by atoms with Crippen molar-refractivity contribution in [3.63, 3.8) is 0 Å². The molecule has 0 aliphatic carbocycles. The van der Waals surface area contributed by atoms with E-state index in [9.17, 15) is 8.42 Å². The number of nitrogens with zero attached hydrogens (tertiary/aromatic N) is 2. The smallest absolute Gasteiger partial charge is 0.216 e. The van der Waals surface area contributed by atoms with Gasteiger partial charge in [-0.3, -0.25) is 0 Å². The summed E-state index contributed by atoms with van der Waals surface area (Å²) in [7, 11) is -1.61. The summed E-state index contributed by atoms with van der Waals surface area (Å²) in [6.45, 7) is 10.7. The van der Waals surface area contributed by atoms with Crippen LogP contribution in [0.2, 0.25) is 0 Å². The molecule has 1 rings (SSSR count). The van der Waals surface area contributed by atoms with E-state index in [4.69, 9.17) is 4.74 Å². The van der Waals surface area contributed by atoms with Crippen LogP contribution >= 0.6 is 0 Å². The maximum absolute atomic E-state index is 12.0. The van der Waals surface area contributed by atoms with Crippen molar-refractivity contribution in [2.24, 2.45) is 5.41 Å². The maximum atomic E-state index is 12.0. The van der Waals surface area contributed by atoms with Gasteiger partial charge in [-0.05, 0) is 5.41 Å². The first-order chi connectivity index (χ1) is 8.24. The summed E-state index contributed by atoms with van der Waals surface area (Å²) in [6, 6.07) is 0. The molecule has 0 N–H and O–H groups in total. The molecule has 0 atom stereocenters. The third kappa shape index (κ3) is 5.22. The van der Waals surface area contributed by atoms with Gasteiger partial charge in [0.1, 0.15) is 0 Å². The van der Waals surface area contributed by atoms with Gasteiger partial charge in [-0.25, -0.2) is 8.42 Å². The summed E-state index contributed by atoms with van der Waals surface area (Å²) in [5.41, 5.74) is 0.261. The Morgan fingerprint density at radius 2 is 1.67 bits per heavy atom. The molecule has 0 aromatic rings. The number of sulfonamides is 1. The summed E-state index contributed by atoms with van der Waals surface area (Å²) < 4.78 is 30.4. The number of rotatable bonds is 5. The average Bonchev–Trinajstić information content (AvgIpc) is 2.25. The van der Waals surface area contributed by atoms with Crippen LogP contribution in [0.4, 0.5) is 0 Å². The van der Waals surface area contributed by atoms with E-state index in [2.05, 4.69) is 25.7 Å². The number of methoxy groups -OCH3 is 1. The topological polar surface area (TPSA) is 49.9 Å². The van der Waals surface area contributed by atoms with Crippen molar-refractivity contribution < 1.29 is 13.2 Å². The van der Waals surface area contributed by atoms with Gasteiger partial charge in [-0.2, -0.15) is 4.31 Å². The molecule has 0 spiro atoms. The largest absolute Gasteiger partial charge is 0.384 e. The van der Waals surface area contributed by atoms with Gasteiger partial charge in [0.15, 0.2) is 0 Å². The van der Waals surface area contributed by atoms with E-state index < -0.39 is 10.0 Å². The maximum Gasteiger partial charge on any atom is 0.216 e. The number of ether oxygens (including phenoxy) is 1. The molecule has 1 heterocycles. The summed E-state index contributed by atoms with van der Waals surface area (Å²) in [4.78, 5) is 2.34. The van der Waals surface area contributed by atoms with E-state index in [1.54, 1.807) is 4.31 Å². The number of hydrogen-bond donors (Lipinski definition) is 0. The van der Waals surface area contributed by atoms with Gasteiger partial charge < -0.3 is 9.64 Å². The third-order valence-corrected chi connectivity index (χ3v) is 4.80. The molecule has 6 heteroatoms. The SMILES string of the molecule is COCCS(=O)(=O)N1CCN(CC(C)(C)C)CC1. The molecule has 5 nitrogen and oxygen atoms in total. The Labute approximate surface area is 111 Å². The Balaban J connectivity index is 2.44. The van der Waals surface area contributed by atoms with Gasteiger partial charge >= 0.3 is 0 Å². The Bertz CT molecular complexity index is 341. The Hall–Kier alpha value is -0.170. The van der Waals surface area contributed by atoms with Crippen LogP contribution in [0.15, 0.2) is 0 Å². The lowest BCUT2D eigenvalue weighted by atomic mass is 9.96. The van der Waals surface area contributed by atoms with E-state index in [0.29, 0.717) is 13.1 Å². The zero-order valence-electron chi connectivity index (χ0n) is 12.0. The van der Waals surface area contributed by atoms with Crippen molar-refractivity contribution in [1.82, 2.24) is 9.21 Å². The first kappa shape index (κ1) is 15.9. The second-order valence-corrected chi connectivity index (χ2v) is 8.13. The molecule has 108 valence electrons. The lowest BCUT2D eigenvalue weighted by Crippen LogP contribution is -2.51. The molecule has 0 aromatic carbocycles. The highest BCUT2D eigenvalue weighted by Gasteiger charge is 2.28. The Morgan fingerprint density at radius 3 is 2.11 bits per heavy atom. The van der Waals surface area contributed by atoms with Crippen LogP contribution in [0, 0.1) is 5.41 Å². The van der Waals surface area contributed by atoms with Gasteiger partial charge in [-0.1, -0.05) is 20.8 Å². The highest BCUT2D eigenvalue weighted by Crippen LogP contribution is 2.17. The normalized spacial score (nSPS) is 20.2. The summed E-state index contributed by atoms with van der Waals surface area (Å²) in [5, 5.41) is 0. The second-order valence-electron chi connectivity index (χ2n) is 6.04. The van der Waals surface area contributed by atoms with Crippen LogP contribution < -0.4 is 0 Å². The fraction of sp³-hybridized carbons (Fsp3) is 1.00. The number of piperazine rings is 1. The average molecular weight is 278 g/mol. The van der Waals surface area contributed by atoms with Gasteiger partial charge in [0.05, 0.1) is 12.4 Å². The van der Waals surface area contributed by atoms with Gasteiger partial charge in [0.25, 0.3) is 0 Å². The standard InChI is InChI=1S/C12H26N2O3S/c1-12(2,3)11-13-5-7-14(8-6-13)18(15,16)10-9-17-4/h5-11H2,1-4H3. The zero-order valence-corrected chi connectivity index (χ0v) is 12.8. The van der Waals surface area contributed by atoms with E-state index in [1.807, 2.05) is 0 Å². The third-order valence-electron chi connectivity index (χ3n) is 2.97. The minimum Gasteiger partial charge on any atom is -0.384 e. The molecule has 1 saturated heterocycles. The van der Waals surface area contributed by atoms with Crippen molar-refractivity contribution in [1.29, 1.82) is 0 Å². The Kier molecular flexibility index (Phi) is 5.58. The predicted molar refractivity (Wildman–Crippen MR) is 73.1 cm³/mol. The fourth-order valence-corrected chi connectivity index (χ4v) is 3.51. The number of hydrogen-bond acceptors (Lipinski definition) is 4. The second kappa shape index (κ2) is 6.32. The van der Waals surface area contributed by atoms with Gasteiger partial charge in [0, 0.05) is 39.8 Å². The highest BCUT2D eigenvalue weighted by molar-refractivity contribution is 7.89. The van der Waals surface area contributed by atoms with Gasteiger partial charge in [-0.15, -0.1) is 0 Å². The molecular weight excluding hydrogens is 252 g/mol. The van der Waals surface area contributed by atoms with Crippen LogP contribution in [-0.4, -0.2) is 69.8 Å². The molecule has 0 bridgehead atoms. The molecular formula is C12H26N2O3S. The van der Waals surface area contributed by atoms with Crippen molar-refractivity contribution >= 4 is 10.0 Å².